The van der Waals surface area contributed by atoms with Gasteiger partial charge in [0.25, 0.3) is 0 Å². The minimum atomic E-state index is -5.15. The Hall–Kier alpha value is -1.62. The van der Waals surface area contributed by atoms with E-state index in [2.05, 4.69) is 0 Å². The summed E-state index contributed by atoms with van der Waals surface area (Å²) in [4.78, 5) is 9.45. The lowest BCUT2D eigenvalue weighted by Crippen LogP contribution is -2.30. The Morgan fingerprint density at radius 2 is 1.50 bits per heavy atom. The van der Waals surface area contributed by atoms with Crippen molar-refractivity contribution >= 4 is 16.3 Å². The average Bonchev–Trinajstić information content (AvgIpc) is 2.46. The molecule has 0 saturated heterocycles. The zero-order valence-corrected chi connectivity index (χ0v) is 13.0. The number of hydrogen-bond donors (Lipinski definition) is 1. The summed E-state index contributed by atoms with van der Waals surface area (Å²) >= 11 is 0. The molecular formula is C13H13F6NO3S. The average molecular weight is 377 g/mol. The van der Waals surface area contributed by atoms with Gasteiger partial charge in [-0.25, -0.2) is 13.1 Å². The molecule has 0 aromatic heterocycles. The summed E-state index contributed by atoms with van der Waals surface area (Å²) in [6.07, 6.45) is -9.61. The molecule has 11 heteroatoms. The van der Waals surface area contributed by atoms with Crippen molar-refractivity contribution in [2.24, 2.45) is 5.92 Å². The molecule has 0 radical (unpaired) electrons. The van der Waals surface area contributed by atoms with Crippen molar-refractivity contribution in [3.05, 3.63) is 29.3 Å². The van der Waals surface area contributed by atoms with Gasteiger partial charge in [-0.1, -0.05) is 6.92 Å². The molecule has 1 aromatic rings. The lowest BCUT2D eigenvalue weighted by Gasteiger charge is -2.15. The van der Waals surface area contributed by atoms with E-state index >= 15 is 0 Å². The highest BCUT2D eigenvalue weighted by atomic mass is 32.2. The van der Waals surface area contributed by atoms with Gasteiger partial charge in [-0.2, -0.15) is 26.3 Å². The largest absolute Gasteiger partial charge is 0.416 e. The van der Waals surface area contributed by atoms with Gasteiger partial charge in [-0.15, -0.1) is 0 Å². The summed E-state index contributed by atoms with van der Waals surface area (Å²) in [5, 5.41) is 0. The number of benzene rings is 1. The number of halogens is 6. The molecule has 1 atom stereocenters. The molecule has 1 unspecified atom stereocenters. The second-order valence-electron chi connectivity index (χ2n) is 4.90. The highest BCUT2D eigenvalue weighted by Crippen LogP contribution is 2.37. The molecule has 0 fully saturated rings. The predicted octanol–water partition coefficient (Wildman–Crippen LogP) is 3.23. The van der Waals surface area contributed by atoms with Gasteiger partial charge in [0, 0.05) is 12.5 Å². The normalized spacial score (nSPS) is 14.5. The summed E-state index contributed by atoms with van der Waals surface area (Å²) in [5.41, 5.74) is -3.47. The van der Waals surface area contributed by atoms with E-state index in [0.717, 1.165) is 0 Å². The molecule has 1 aromatic carbocycles. The summed E-state index contributed by atoms with van der Waals surface area (Å²) in [7, 11) is -4.65. The molecule has 24 heavy (non-hydrogen) atoms. The predicted molar refractivity (Wildman–Crippen MR) is 71.5 cm³/mol. The minimum absolute atomic E-state index is 0.111. The zero-order chi connectivity index (χ0) is 18.8. The first kappa shape index (κ1) is 20.4. The topological polar surface area (TPSA) is 63.2 Å². The molecule has 0 bridgehead atoms. The van der Waals surface area contributed by atoms with Crippen molar-refractivity contribution in [2.45, 2.75) is 30.6 Å². The van der Waals surface area contributed by atoms with E-state index in [1.54, 1.807) is 6.92 Å². The standard InChI is InChI=1S/C13H13F6NO3S/c1-2-8(7-21)6-20-24(22,23)11-4-9(12(14,15)16)3-10(5-11)13(17,18)19/h3-5,7-8,20H,2,6H2,1H3. The van der Waals surface area contributed by atoms with Gasteiger partial charge in [-0.05, 0) is 24.6 Å². The monoisotopic (exact) mass is 377 g/mol. The van der Waals surface area contributed by atoms with Crippen molar-refractivity contribution in [2.75, 3.05) is 6.54 Å². The van der Waals surface area contributed by atoms with E-state index in [4.69, 9.17) is 0 Å². The van der Waals surface area contributed by atoms with Gasteiger partial charge < -0.3 is 4.79 Å². The van der Waals surface area contributed by atoms with Crippen LogP contribution in [-0.4, -0.2) is 21.2 Å². The number of aldehydes is 1. The van der Waals surface area contributed by atoms with E-state index in [-0.39, 0.29) is 24.6 Å². The summed E-state index contributed by atoms with van der Waals surface area (Å²) in [6, 6.07) is 0.0537. The third-order valence-corrected chi connectivity index (χ3v) is 4.53. The van der Waals surface area contributed by atoms with Gasteiger partial charge in [0.05, 0.1) is 16.0 Å². The lowest BCUT2D eigenvalue weighted by molar-refractivity contribution is -0.143. The van der Waals surface area contributed by atoms with Crippen LogP contribution in [0, 0.1) is 5.92 Å². The molecule has 0 aliphatic carbocycles. The van der Waals surface area contributed by atoms with Crippen molar-refractivity contribution < 1.29 is 39.6 Å². The molecule has 0 aliphatic heterocycles. The Morgan fingerprint density at radius 3 is 1.83 bits per heavy atom. The molecular weight excluding hydrogens is 364 g/mol. The van der Waals surface area contributed by atoms with E-state index in [1.807, 2.05) is 4.72 Å². The smallest absolute Gasteiger partial charge is 0.303 e. The Morgan fingerprint density at radius 1 is 1.04 bits per heavy atom. The summed E-state index contributed by atoms with van der Waals surface area (Å²) in [5.74, 6) is -0.743. The Kier molecular flexibility index (Phi) is 6.04. The molecule has 0 aliphatic rings. The maximum Gasteiger partial charge on any atom is 0.416 e. The van der Waals surface area contributed by atoms with Gasteiger partial charge in [-0.3, -0.25) is 0 Å². The second kappa shape index (κ2) is 7.09. The highest BCUT2D eigenvalue weighted by molar-refractivity contribution is 7.89. The second-order valence-corrected chi connectivity index (χ2v) is 6.66. The van der Waals surface area contributed by atoms with Crippen LogP contribution in [-0.2, 0) is 27.2 Å². The van der Waals surface area contributed by atoms with E-state index < -0.39 is 50.9 Å². The number of nitrogens with one attached hydrogen (secondary N) is 1. The third kappa shape index (κ3) is 5.20. The maximum atomic E-state index is 12.7. The highest BCUT2D eigenvalue weighted by Gasteiger charge is 2.38. The molecule has 1 N–H and O–H groups in total. The van der Waals surface area contributed by atoms with Gasteiger partial charge >= 0.3 is 12.4 Å². The van der Waals surface area contributed by atoms with Gasteiger partial charge in [0.2, 0.25) is 10.0 Å². The molecule has 0 heterocycles. The van der Waals surface area contributed by atoms with Gasteiger partial charge in [0.1, 0.15) is 6.29 Å². The fraction of sp³-hybridized carbons (Fsp3) is 0.462. The Bertz CT molecular complexity index is 664. The van der Waals surface area contributed by atoms with Crippen LogP contribution in [0.4, 0.5) is 26.3 Å². The number of carbonyl (C=O) groups is 1. The van der Waals surface area contributed by atoms with Crippen LogP contribution < -0.4 is 4.72 Å². The van der Waals surface area contributed by atoms with Crippen molar-refractivity contribution in [3.63, 3.8) is 0 Å². The van der Waals surface area contributed by atoms with Crippen LogP contribution >= 0.6 is 0 Å². The maximum absolute atomic E-state index is 12.7. The first-order chi connectivity index (χ1) is 10.8. The lowest BCUT2D eigenvalue weighted by atomic mass is 10.1. The van der Waals surface area contributed by atoms with Crippen LogP contribution in [0.2, 0.25) is 0 Å². The Labute approximate surface area is 133 Å². The van der Waals surface area contributed by atoms with Crippen LogP contribution in [0.3, 0.4) is 0 Å². The van der Waals surface area contributed by atoms with Crippen LogP contribution in [0.15, 0.2) is 23.1 Å². The number of sulfonamides is 1. The summed E-state index contributed by atoms with van der Waals surface area (Å²) < 4.78 is 102. The van der Waals surface area contributed by atoms with Crippen molar-refractivity contribution in [3.8, 4) is 0 Å². The summed E-state index contributed by atoms with van der Waals surface area (Å²) in [6.45, 7) is 1.14. The van der Waals surface area contributed by atoms with Crippen LogP contribution in [0.1, 0.15) is 24.5 Å². The molecule has 4 nitrogen and oxygen atoms in total. The van der Waals surface area contributed by atoms with Gasteiger partial charge in [0.15, 0.2) is 0 Å². The zero-order valence-electron chi connectivity index (χ0n) is 12.2. The molecule has 0 spiro atoms. The number of hydrogen-bond acceptors (Lipinski definition) is 3. The molecule has 136 valence electrons. The first-order valence-corrected chi connectivity index (χ1v) is 8.04. The van der Waals surface area contributed by atoms with Crippen molar-refractivity contribution in [1.29, 1.82) is 0 Å². The fourth-order valence-electron chi connectivity index (χ4n) is 1.67. The van der Waals surface area contributed by atoms with Crippen LogP contribution in [0.25, 0.3) is 0 Å². The van der Waals surface area contributed by atoms with E-state index in [1.165, 1.54) is 0 Å². The minimum Gasteiger partial charge on any atom is -0.303 e. The van der Waals surface area contributed by atoms with E-state index in [9.17, 15) is 39.6 Å². The third-order valence-electron chi connectivity index (χ3n) is 3.12. The molecule has 1 rings (SSSR count). The first-order valence-electron chi connectivity index (χ1n) is 6.55. The fourth-order valence-corrected chi connectivity index (χ4v) is 2.83. The molecule has 0 saturated carbocycles. The van der Waals surface area contributed by atoms with Crippen molar-refractivity contribution in [1.82, 2.24) is 4.72 Å². The number of carbonyl (C=O) groups excluding carboxylic acids is 1. The quantitative estimate of drug-likeness (QED) is 0.612. The van der Waals surface area contributed by atoms with Crippen LogP contribution in [0.5, 0.6) is 0 Å². The van der Waals surface area contributed by atoms with E-state index in [0.29, 0.717) is 6.29 Å². The Balaban J connectivity index is 3.33. The molecule has 0 amide bonds. The number of alkyl halides is 6. The SMILES string of the molecule is CCC(C=O)CNS(=O)(=O)c1cc(C(F)(F)F)cc(C(F)(F)F)c1. The number of rotatable bonds is 6.